The number of anilines is 1. The number of halogens is 1. The minimum absolute atomic E-state index is 0.0995. The third-order valence-corrected chi connectivity index (χ3v) is 8.50. The molecule has 2 amide bonds. The van der Waals surface area contributed by atoms with Gasteiger partial charge in [-0.3, -0.25) is 13.9 Å². The largest absolute Gasteiger partial charge is 0.352 e. The molecule has 2 aromatic rings. The molecule has 2 aromatic carbocycles. The molecule has 0 heterocycles. The second kappa shape index (κ2) is 14.5. The van der Waals surface area contributed by atoms with E-state index < -0.39 is 16.1 Å². The van der Waals surface area contributed by atoms with E-state index in [1.807, 2.05) is 37.3 Å². The fourth-order valence-electron chi connectivity index (χ4n) is 5.08. The number of rotatable bonds is 13. The van der Waals surface area contributed by atoms with Crippen LogP contribution >= 0.6 is 11.6 Å². The highest BCUT2D eigenvalue weighted by atomic mass is 35.5. The van der Waals surface area contributed by atoms with Crippen molar-refractivity contribution in [3.8, 4) is 0 Å². The number of sulfonamides is 1. The lowest BCUT2D eigenvalue weighted by Crippen LogP contribution is -2.52. The first-order valence-electron chi connectivity index (χ1n) is 13.6. The van der Waals surface area contributed by atoms with Crippen LogP contribution in [0.1, 0.15) is 63.9 Å². The number of hydrogen-bond acceptors (Lipinski definition) is 4. The molecule has 0 aromatic heterocycles. The molecule has 1 aliphatic rings. The highest BCUT2D eigenvalue weighted by Crippen LogP contribution is 2.23. The summed E-state index contributed by atoms with van der Waals surface area (Å²) in [6.45, 7) is 2.49. The summed E-state index contributed by atoms with van der Waals surface area (Å²) in [5, 5.41) is 3.63. The third kappa shape index (κ3) is 9.02. The molecule has 208 valence electrons. The molecule has 0 bridgehead atoms. The van der Waals surface area contributed by atoms with Crippen LogP contribution in [0.2, 0.25) is 5.02 Å². The Morgan fingerprint density at radius 3 is 2.37 bits per heavy atom. The smallest absolute Gasteiger partial charge is 0.243 e. The minimum atomic E-state index is -3.56. The number of carbonyl (C=O) groups excluding carboxylic acids is 2. The van der Waals surface area contributed by atoms with Crippen LogP contribution in [0.3, 0.4) is 0 Å². The molecule has 38 heavy (non-hydrogen) atoms. The quantitative estimate of drug-likeness (QED) is 0.365. The van der Waals surface area contributed by atoms with Crippen molar-refractivity contribution in [1.82, 2.24) is 10.2 Å². The fourth-order valence-corrected chi connectivity index (χ4v) is 6.22. The Hall–Kier alpha value is -2.58. The molecule has 0 spiro atoms. The zero-order chi connectivity index (χ0) is 27.5. The van der Waals surface area contributed by atoms with Gasteiger partial charge in [0.25, 0.3) is 0 Å². The van der Waals surface area contributed by atoms with Crippen LogP contribution in [0, 0.1) is 0 Å². The number of nitrogens with zero attached hydrogens (tertiary/aromatic N) is 2. The summed E-state index contributed by atoms with van der Waals surface area (Å²) in [5.41, 5.74) is 1.56. The van der Waals surface area contributed by atoms with Gasteiger partial charge in [0.1, 0.15) is 6.04 Å². The van der Waals surface area contributed by atoms with Crippen LogP contribution in [0.4, 0.5) is 5.69 Å². The van der Waals surface area contributed by atoms with Crippen LogP contribution < -0.4 is 9.62 Å². The summed E-state index contributed by atoms with van der Waals surface area (Å²) in [6.07, 6.45) is 8.12. The first kappa shape index (κ1) is 30.0. The average Bonchev–Trinajstić information content (AvgIpc) is 2.89. The minimum Gasteiger partial charge on any atom is -0.352 e. The van der Waals surface area contributed by atoms with E-state index in [0.717, 1.165) is 37.5 Å². The maximum Gasteiger partial charge on any atom is 0.243 e. The van der Waals surface area contributed by atoms with Crippen molar-refractivity contribution in [3.05, 3.63) is 65.2 Å². The van der Waals surface area contributed by atoms with Crippen LogP contribution in [-0.4, -0.2) is 56.6 Å². The van der Waals surface area contributed by atoms with Crippen molar-refractivity contribution in [3.63, 3.8) is 0 Å². The van der Waals surface area contributed by atoms with E-state index >= 15 is 0 Å². The topological polar surface area (TPSA) is 86.8 Å². The Balaban J connectivity index is 1.71. The van der Waals surface area contributed by atoms with Gasteiger partial charge >= 0.3 is 0 Å². The highest BCUT2D eigenvalue weighted by molar-refractivity contribution is 7.92. The fraction of sp³-hybridized carbons (Fsp3) is 0.517. The zero-order valence-corrected chi connectivity index (χ0v) is 24.0. The van der Waals surface area contributed by atoms with Gasteiger partial charge in [0.15, 0.2) is 0 Å². The number of hydrogen-bond donors (Lipinski definition) is 1. The summed E-state index contributed by atoms with van der Waals surface area (Å²) in [4.78, 5) is 28.6. The number of amides is 2. The first-order valence-corrected chi connectivity index (χ1v) is 15.8. The average molecular weight is 562 g/mol. The lowest BCUT2D eigenvalue weighted by atomic mass is 9.95. The van der Waals surface area contributed by atoms with Crippen LogP contribution in [-0.2, 0) is 26.0 Å². The lowest BCUT2D eigenvalue weighted by Gasteiger charge is -2.33. The number of benzene rings is 2. The maximum atomic E-state index is 13.5. The van der Waals surface area contributed by atoms with Gasteiger partial charge in [-0.25, -0.2) is 8.42 Å². The van der Waals surface area contributed by atoms with Crippen molar-refractivity contribution in [2.45, 2.75) is 76.8 Å². The Kier molecular flexibility index (Phi) is 11.5. The Bertz CT molecular complexity index is 1150. The van der Waals surface area contributed by atoms with E-state index in [1.165, 1.54) is 10.7 Å². The summed E-state index contributed by atoms with van der Waals surface area (Å²) in [5.74, 6) is -0.247. The van der Waals surface area contributed by atoms with Crippen molar-refractivity contribution in [2.24, 2.45) is 0 Å². The SMILES string of the molecule is CCC(C(=O)NC1CCCCC1)N(CCc1ccccc1)C(=O)CCCN(c1cccc(Cl)c1)S(C)(=O)=O. The molecule has 9 heteroatoms. The van der Waals surface area contributed by atoms with Gasteiger partial charge in [-0.05, 0) is 55.9 Å². The van der Waals surface area contributed by atoms with Gasteiger partial charge in [0.2, 0.25) is 21.8 Å². The van der Waals surface area contributed by atoms with Crippen molar-refractivity contribution in [1.29, 1.82) is 0 Å². The molecule has 1 atom stereocenters. The molecule has 0 aliphatic heterocycles. The number of carbonyl (C=O) groups is 2. The number of nitrogens with one attached hydrogen (secondary N) is 1. The van der Waals surface area contributed by atoms with E-state index in [-0.39, 0.29) is 30.8 Å². The zero-order valence-electron chi connectivity index (χ0n) is 22.4. The molecule has 1 fully saturated rings. The second-order valence-electron chi connectivity index (χ2n) is 10.0. The van der Waals surface area contributed by atoms with E-state index in [0.29, 0.717) is 36.5 Å². The Morgan fingerprint density at radius 2 is 1.74 bits per heavy atom. The molecule has 0 radical (unpaired) electrons. The van der Waals surface area contributed by atoms with E-state index in [9.17, 15) is 18.0 Å². The van der Waals surface area contributed by atoms with Crippen LogP contribution in [0.5, 0.6) is 0 Å². The molecular formula is C29H40ClN3O4S. The van der Waals surface area contributed by atoms with Gasteiger partial charge in [-0.1, -0.05) is 74.2 Å². The summed E-state index contributed by atoms with van der Waals surface area (Å²) in [6, 6.07) is 16.2. The summed E-state index contributed by atoms with van der Waals surface area (Å²) >= 11 is 6.08. The monoisotopic (exact) mass is 561 g/mol. The highest BCUT2D eigenvalue weighted by Gasteiger charge is 2.30. The molecular weight excluding hydrogens is 522 g/mol. The van der Waals surface area contributed by atoms with E-state index in [2.05, 4.69) is 5.32 Å². The Morgan fingerprint density at radius 1 is 1.03 bits per heavy atom. The summed E-state index contributed by atoms with van der Waals surface area (Å²) < 4.78 is 26.2. The predicted octanol–water partition coefficient (Wildman–Crippen LogP) is 5.19. The lowest BCUT2D eigenvalue weighted by molar-refractivity contribution is -0.141. The van der Waals surface area contributed by atoms with Gasteiger partial charge in [-0.15, -0.1) is 0 Å². The van der Waals surface area contributed by atoms with Crippen molar-refractivity contribution >= 4 is 39.1 Å². The van der Waals surface area contributed by atoms with E-state index in [1.54, 1.807) is 29.2 Å². The second-order valence-corrected chi connectivity index (χ2v) is 12.4. The summed E-state index contributed by atoms with van der Waals surface area (Å²) in [7, 11) is -3.56. The van der Waals surface area contributed by atoms with E-state index in [4.69, 9.17) is 11.6 Å². The normalized spacial score (nSPS) is 15.0. The van der Waals surface area contributed by atoms with Crippen molar-refractivity contribution in [2.75, 3.05) is 23.7 Å². The van der Waals surface area contributed by atoms with Crippen molar-refractivity contribution < 1.29 is 18.0 Å². The van der Waals surface area contributed by atoms with Gasteiger partial charge in [0.05, 0.1) is 11.9 Å². The molecule has 3 rings (SSSR count). The maximum absolute atomic E-state index is 13.5. The first-order chi connectivity index (χ1) is 18.2. The van der Waals surface area contributed by atoms with Crippen LogP contribution in [0.15, 0.2) is 54.6 Å². The molecule has 7 nitrogen and oxygen atoms in total. The van der Waals surface area contributed by atoms with Gasteiger partial charge < -0.3 is 10.2 Å². The molecule has 1 N–H and O–H groups in total. The molecule has 0 saturated heterocycles. The van der Waals surface area contributed by atoms with Gasteiger partial charge in [-0.2, -0.15) is 0 Å². The molecule has 1 saturated carbocycles. The standard InChI is InChI=1S/C29H40ClN3O4S/c1-3-27(29(35)31-25-15-8-5-9-16-25)32(21-19-23-12-6-4-7-13-23)28(34)18-11-20-33(38(2,36)37)26-17-10-14-24(30)22-26/h4,6-7,10,12-14,17,22,25,27H,3,5,8-9,11,15-16,18-21H2,1-2H3,(H,31,35). The Labute approximate surface area is 232 Å². The van der Waals surface area contributed by atoms with Crippen LogP contribution in [0.25, 0.3) is 0 Å². The predicted molar refractivity (Wildman–Crippen MR) is 154 cm³/mol. The third-order valence-electron chi connectivity index (χ3n) is 7.07. The molecule has 1 aliphatic carbocycles. The molecule has 1 unspecified atom stereocenters. The van der Waals surface area contributed by atoms with Gasteiger partial charge in [0, 0.05) is 30.6 Å².